The van der Waals surface area contributed by atoms with Crippen molar-refractivity contribution >= 4 is 10.0 Å². The van der Waals surface area contributed by atoms with Crippen LogP contribution < -0.4 is 4.72 Å². The summed E-state index contributed by atoms with van der Waals surface area (Å²) in [5.74, 6) is 0.603. The molecule has 1 saturated carbocycles. The lowest BCUT2D eigenvalue weighted by molar-refractivity contribution is 0.443. The van der Waals surface area contributed by atoms with Crippen LogP contribution in [0.3, 0.4) is 0 Å². The summed E-state index contributed by atoms with van der Waals surface area (Å²) in [4.78, 5) is 0.328. The standard InChI is InChI=1S/C15H21NO2S/c1-2-12-16-19(17,18)15-10-8-14(9-11-15)13-6-4-3-5-7-13/h2,8-11,13,16H,1,3-7,12H2. The van der Waals surface area contributed by atoms with E-state index in [1.54, 1.807) is 12.1 Å². The molecule has 2 rings (SSSR count). The SMILES string of the molecule is C=CCNS(=O)(=O)c1ccc(C2CCCCC2)cc1. The molecule has 104 valence electrons. The van der Waals surface area contributed by atoms with E-state index in [1.165, 1.54) is 43.7 Å². The number of hydrogen-bond donors (Lipinski definition) is 1. The van der Waals surface area contributed by atoms with Gasteiger partial charge in [0.25, 0.3) is 0 Å². The molecular formula is C15H21NO2S. The summed E-state index contributed by atoms with van der Waals surface area (Å²) in [6, 6.07) is 7.32. The summed E-state index contributed by atoms with van der Waals surface area (Å²) >= 11 is 0. The van der Waals surface area contributed by atoms with Crippen LogP contribution in [0.25, 0.3) is 0 Å². The Morgan fingerprint density at radius 2 is 1.79 bits per heavy atom. The maximum Gasteiger partial charge on any atom is 0.240 e. The Bertz CT molecular complexity index is 514. The van der Waals surface area contributed by atoms with Crippen LogP contribution in [-0.4, -0.2) is 15.0 Å². The largest absolute Gasteiger partial charge is 0.240 e. The molecule has 4 heteroatoms. The second-order valence-corrected chi connectivity index (χ2v) is 6.81. The fourth-order valence-corrected chi connectivity index (χ4v) is 3.61. The Balaban J connectivity index is 2.11. The normalized spacial score (nSPS) is 17.3. The van der Waals surface area contributed by atoms with Crippen LogP contribution >= 0.6 is 0 Å². The minimum atomic E-state index is -3.39. The molecule has 1 aromatic rings. The minimum absolute atomic E-state index is 0.257. The molecule has 0 unspecified atom stereocenters. The Labute approximate surface area is 115 Å². The van der Waals surface area contributed by atoms with Crippen molar-refractivity contribution in [2.75, 3.05) is 6.54 Å². The third-order valence-corrected chi connectivity index (χ3v) is 5.12. The molecule has 1 aliphatic rings. The third kappa shape index (κ3) is 3.67. The average molecular weight is 279 g/mol. The average Bonchev–Trinajstić information content (AvgIpc) is 2.46. The van der Waals surface area contributed by atoms with Crippen molar-refractivity contribution in [1.82, 2.24) is 4.72 Å². The molecule has 19 heavy (non-hydrogen) atoms. The molecule has 0 radical (unpaired) electrons. The van der Waals surface area contributed by atoms with E-state index >= 15 is 0 Å². The first kappa shape index (κ1) is 14.3. The van der Waals surface area contributed by atoms with Crippen molar-refractivity contribution in [3.63, 3.8) is 0 Å². The lowest BCUT2D eigenvalue weighted by atomic mass is 9.84. The lowest BCUT2D eigenvalue weighted by Gasteiger charge is -2.22. The molecular weight excluding hydrogens is 258 g/mol. The van der Waals surface area contributed by atoms with Gasteiger partial charge in [-0.1, -0.05) is 37.5 Å². The van der Waals surface area contributed by atoms with E-state index in [9.17, 15) is 8.42 Å². The van der Waals surface area contributed by atoms with Gasteiger partial charge in [0.15, 0.2) is 0 Å². The maximum absolute atomic E-state index is 11.9. The number of benzene rings is 1. The van der Waals surface area contributed by atoms with Crippen LogP contribution in [0.15, 0.2) is 41.8 Å². The van der Waals surface area contributed by atoms with Gasteiger partial charge in [0.2, 0.25) is 10.0 Å². The highest BCUT2D eigenvalue weighted by Gasteiger charge is 2.17. The van der Waals surface area contributed by atoms with Gasteiger partial charge in [-0.25, -0.2) is 13.1 Å². The first-order valence-corrected chi connectivity index (χ1v) is 8.32. The fourth-order valence-electron chi connectivity index (χ4n) is 2.61. The summed E-state index contributed by atoms with van der Waals surface area (Å²) in [5, 5.41) is 0. The molecule has 0 saturated heterocycles. The van der Waals surface area contributed by atoms with Gasteiger partial charge >= 0.3 is 0 Å². The van der Waals surface area contributed by atoms with Crippen molar-refractivity contribution in [3.8, 4) is 0 Å². The molecule has 0 atom stereocenters. The Kier molecular flexibility index (Phi) is 4.77. The predicted octanol–water partition coefficient (Wildman–Crippen LogP) is 3.20. The van der Waals surface area contributed by atoms with Crippen molar-refractivity contribution in [2.45, 2.75) is 42.9 Å². The summed E-state index contributed by atoms with van der Waals surface area (Å²) < 4.78 is 26.3. The zero-order valence-electron chi connectivity index (χ0n) is 11.1. The highest BCUT2D eigenvalue weighted by atomic mass is 32.2. The van der Waals surface area contributed by atoms with Crippen molar-refractivity contribution in [2.24, 2.45) is 0 Å². The molecule has 1 N–H and O–H groups in total. The van der Waals surface area contributed by atoms with Crippen molar-refractivity contribution in [3.05, 3.63) is 42.5 Å². The summed E-state index contributed by atoms with van der Waals surface area (Å²) in [7, 11) is -3.39. The van der Waals surface area contributed by atoms with Gasteiger partial charge in [0.05, 0.1) is 4.90 Å². The molecule has 3 nitrogen and oxygen atoms in total. The molecule has 0 heterocycles. The Morgan fingerprint density at radius 3 is 2.37 bits per heavy atom. The second-order valence-electron chi connectivity index (χ2n) is 5.04. The smallest absolute Gasteiger partial charge is 0.207 e. The first-order chi connectivity index (χ1) is 9.13. The summed E-state index contributed by atoms with van der Waals surface area (Å²) in [5.41, 5.74) is 1.27. The van der Waals surface area contributed by atoms with Crippen LogP contribution in [0, 0.1) is 0 Å². The Morgan fingerprint density at radius 1 is 1.16 bits per heavy atom. The number of hydrogen-bond acceptors (Lipinski definition) is 2. The minimum Gasteiger partial charge on any atom is -0.207 e. The molecule has 0 aromatic heterocycles. The highest BCUT2D eigenvalue weighted by Crippen LogP contribution is 2.32. The molecule has 1 fully saturated rings. The number of nitrogens with one attached hydrogen (secondary N) is 1. The van der Waals surface area contributed by atoms with Gasteiger partial charge in [-0.3, -0.25) is 0 Å². The number of rotatable bonds is 5. The van der Waals surface area contributed by atoms with E-state index in [0.29, 0.717) is 10.8 Å². The molecule has 0 spiro atoms. The fraction of sp³-hybridized carbons (Fsp3) is 0.467. The van der Waals surface area contributed by atoms with E-state index in [1.807, 2.05) is 12.1 Å². The van der Waals surface area contributed by atoms with E-state index in [0.717, 1.165) is 0 Å². The summed E-state index contributed by atoms with van der Waals surface area (Å²) in [6.45, 7) is 3.76. The van der Waals surface area contributed by atoms with E-state index in [4.69, 9.17) is 0 Å². The highest BCUT2D eigenvalue weighted by molar-refractivity contribution is 7.89. The van der Waals surface area contributed by atoms with Gasteiger partial charge in [0, 0.05) is 6.54 Å². The van der Waals surface area contributed by atoms with E-state index < -0.39 is 10.0 Å². The molecule has 1 aliphatic carbocycles. The molecule has 1 aromatic carbocycles. The predicted molar refractivity (Wildman–Crippen MR) is 77.7 cm³/mol. The van der Waals surface area contributed by atoms with Crippen LogP contribution in [0.1, 0.15) is 43.6 Å². The maximum atomic E-state index is 11.9. The Hall–Kier alpha value is -1.13. The summed E-state index contributed by atoms with van der Waals surface area (Å²) in [6.07, 6.45) is 7.88. The number of sulfonamides is 1. The zero-order valence-corrected chi connectivity index (χ0v) is 12.0. The molecule has 0 amide bonds. The second kappa shape index (κ2) is 6.35. The van der Waals surface area contributed by atoms with Crippen LogP contribution in [0.2, 0.25) is 0 Å². The van der Waals surface area contributed by atoms with E-state index in [2.05, 4.69) is 11.3 Å². The van der Waals surface area contributed by atoms with Gasteiger partial charge in [0.1, 0.15) is 0 Å². The van der Waals surface area contributed by atoms with Gasteiger partial charge in [-0.2, -0.15) is 0 Å². The zero-order chi connectivity index (χ0) is 13.7. The van der Waals surface area contributed by atoms with Crippen LogP contribution in [0.4, 0.5) is 0 Å². The van der Waals surface area contributed by atoms with E-state index in [-0.39, 0.29) is 6.54 Å². The lowest BCUT2D eigenvalue weighted by Crippen LogP contribution is -2.23. The van der Waals surface area contributed by atoms with Gasteiger partial charge < -0.3 is 0 Å². The molecule has 0 aliphatic heterocycles. The van der Waals surface area contributed by atoms with Crippen molar-refractivity contribution in [1.29, 1.82) is 0 Å². The van der Waals surface area contributed by atoms with Gasteiger partial charge in [-0.15, -0.1) is 6.58 Å². The topological polar surface area (TPSA) is 46.2 Å². The quantitative estimate of drug-likeness (QED) is 0.841. The monoisotopic (exact) mass is 279 g/mol. The van der Waals surface area contributed by atoms with Crippen LogP contribution in [-0.2, 0) is 10.0 Å². The third-order valence-electron chi connectivity index (χ3n) is 3.68. The van der Waals surface area contributed by atoms with Crippen LogP contribution in [0.5, 0.6) is 0 Å². The van der Waals surface area contributed by atoms with Crippen molar-refractivity contribution < 1.29 is 8.42 Å². The molecule has 0 bridgehead atoms. The van der Waals surface area contributed by atoms with Gasteiger partial charge in [-0.05, 0) is 36.5 Å². The first-order valence-electron chi connectivity index (χ1n) is 6.84.